The monoisotopic (exact) mass is 1100 g/mol. The van der Waals surface area contributed by atoms with Crippen LogP contribution in [-0.2, 0) is 45.2 Å². The minimum Gasteiger partial charge on any atom is -0.418 e. The maximum Gasteiger partial charge on any atom is 3.00 e. The molecule has 0 N–H and O–H groups in total. The fraction of sp³-hybridized carbons (Fsp3) is 0.231. The minimum absolute atomic E-state index is 0. The first-order chi connectivity index (χ1) is 32.9. The van der Waals surface area contributed by atoms with Gasteiger partial charge in [0, 0.05) is 0 Å². The van der Waals surface area contributed by atoms with E-state index < -0.39 is 37.6 Å². The van der Waals surface area contributed by atoms with E-state index in [0.29, 0.717) is 0 Å². The zero-order valence-corrected chi connectivity index (χ0v) is 41.6. The van der Waals surface area contributed by atoms with Crippen molar-refractivity contribution < 1.29 is 71.3 Å². The molecule has 3 aliphatic carbocycles. The van der Waals surface area contributed by atoms with Gasteiger partial charge in [0.15, 0.2) is 0 Å². The summed E-state index contributed by atoms with van der Waals surface area (Å²) in [5, 5.41) is 8.79. The summed E-state index contributed by atoms with van der Waals surface area (Å²) < 4.78 is 117. The summed E-state index contributed by atoms with van der Waals surface area (Å²) in [7, 11) is -19.5. The van der Waals surface area contributed by atoms with Gasteiger partial charge in [-0.15, -0.1) is 0 Å². The van der Waals surface area contributed by atoms with E-state index in [2.05, 4.69) is 170 Å². The van der Waals surface area contributed by atoms with Gasteiger partial charge < -0.3 is 51.8 Å². The topological polar surface area (TPSA) is 0 Å². The smallest absolute Gasteiger partial charge is 0.418 e. The van der Waals surface area contributed by atoms with Gasteiger partial charge in [-0.3, -0.25) is 0 Å². The Labute approximate surface area is 419 Å². The number of rotatable bonds is 7. The van der Waals surface area contributed by atoms with Crippen LogP contribution < -0.4 is 31.8 Å². The summed E-state index contributed by atoms with van der Waals surface area (Å²) in [4.78, 5) is 0. The van der Waals surface area contributed by atoms with E-state index in [9.17, 15) is 51.8 Å². The van der Waals surface area contributed by atoms with Gasteiger partial charge in [-0.05, 0) is 158 Å². The Morgan fingerprint density at radius 1 is 0.300 bits per heavy atom. The Bertz CT molecular complexity index is 2230. The van der Waals surface area contributed by atoms with E-state index in [1.807, 2.05) is 0 Å². The van der Waals surface area contributed by atoms with Gasteiger partial charge in [-0.2, -0.15) is 0 Å². The van der Waals surface area contributed by atoms with Crippen molar-refractivity contribution >= 4 is 69.4 Å². The van der Waals surface area contributed by atoms with Crippen LogP contribution in [0.4, 0.5) is 51.8 Å². The summed E-state index contributed by atoms with van der Waals surface area (Å²) >= 11 is 0. The molecule has 0 atom stereocenters. The Morgan fingerprint density at radius 3 is 0.771 bits per heavy atom. The normalized spacial score (nSPS) is 14.7. The second kappa shape index (κ2) is 28.6. The van der Waals surface area contributed by atoms with E-state index in [0.717, 1.165) is 0 Å². The maximum atomic E-state index is 9.75. The molecule has 0 radical (unpaired) electrons. The maximum absolute atomic E-state index is 9.75. The Morgan fingerprint density at radius 2 is 0.529 bits per heavy atom. The predicted octanol–water partition coefficient (Wildman–Crippen LogP) is 15.2. The number of hydrogen-bond donors (Lipinski definition) is 0. The van der Waals surface area contributed by atoms with E-state index in [-0.39, 0.29) is 19.5 Å². The molecule has 6 aromatic carbocycles. The first-order valence-corrected chi connectivity index (χ1v) is 25.6. The quantitative estimate of drug-likeness (QED) is 0.0647. The number of hydrogen-bond acceptors (Lipinski definition) is 0. The standard InChI is InChI=1S/C44H40P2.C8H12.3BF4.Rh/c1-5-19-35(20-6-1)45(36-21-7-2-8-22-36)41-31-29-33-17-13-15-27-39(33)43(41)44-40-28-16-14-18-34(40)30-32-42(44)46(37-23-9-3-10-24-37)38-25-11-4-12-26-38;1-2-4-6-8-7-5-3-1;3*2-1(3,4)5;/h1-12,19-26,29-32H,13-18,27-28H2;1-2,7-8H,3-6H2;;;;/q;;3*-1;+3/b;2-1-,8-7?;;;;. The molecule has 0 aliphatic heterocycles. The van der Waals surface area contributed by atoms with E-state index >= 15 is 0 Å². The molecule has 0 aromatic heterocycles. The average molecular weight is 1100 g/mol. The molecule has 0 saturated heterocycles. The number of benzene rings is 6. The zero-order chi connectivity index (χ0) is 49.9. The van der Waals surface area contributed by atoms with Gasteiger partial charge in [0.2, 0.25) is 0 Å². The minimum atomic E-state index is -6.00. The van der Waals surface area contributed by atoms with Crippen molar-refractivity contribution in [3.8, 4) is 11.1 Å². The molecule has 0 nitrogen and oxygen atoms in total. The summed E-state index contributed by atoms with van der Waals surface area (Å²) in [6.07, 6.45) is 23.8. The SMILES string of the molecule is C1=CCC/C=C\CC1.F[B-](F)(F)F.F[B-](F)(F)F.F[B-](F)(F)F.[Rh+3].c1ccc(P(c2ccccc2)c2ccc3c(c2-c2c(P(c4ccccc4)c4ccccc4)ccc4c2CCCC4)CCCC3)cc1. The third-order valence-electron chi connectivity index (χ3n) is 11.1. The van der Waals surface area contributed by atoms with Crippen molar-refractivity contribution in [3.63, 3.8) is 0 Å². The molecule has 0 spiro atoms. The first kappa shape index (κ1) is 58.2. The van der Waals surface area contributed by atoms with Gasteiger partial charge in [-0.25, -0.2) is 0 Å². The Hall–Kier alpha value is -4.36. The van der Waals surface area contributed by atoms with Crippen molar-refractivity contribution in [2.24, 2.45) is 0 Å². The van der Waals surface area contributed by atoms with Crippen LogP contribution in [0.2, 0.25) is 0 Å². The molecule has 9 rings (SSSR count). The largest absolute Gasteiger partial charge is 3.00 e. The van der Waals surface area contributed by atoms with Gasteiger partial charge >= 0.3 is 41.2 Å². The molecule has 0 bridgehead atoms. The number of aryl methyl sites for hydroxylation is 2. The van der Waals surface area contributed by atoms with Crippen molar-refractivity contribution in [1.29, 1.82) is 0 Å². The average Bonchev–Trinajstić information content (AvgIpc) is 3.29. The molecular weight excluding hydrogens is 1050 g/mol. The summed E-state index contributed by atoms with van der Waals surface area (Å²) in [5.74, 6) is 0. The van der Waals surface area contributed by atoms with Crippen LogP contribution in [0.5, 0.6) is 0 Å². The third-order valence-corrected chi connectivity index (χ3v) is 16.1. The summed E-state index contributed by atoms with van der Waals surface area (Å²) in [6, 6.07) is 55.5. The van der Waals surface area contributed by atoms with Gasteiger partial charge in [0.05, 0.1) is 0 Å². The molecule has 0 heterocycles. The third kappa shape index (κ3) is 20.0. The number of fused-ring (bicyclic) bond motifs is 2. The molecule has 0 saturated carbocycles. The fourth-order valence-corrected chi connectivity index (χ4v) is 13.6. The van der Waals surface area contributed by atoms with Gasteiger partial charge in [0.25, 0.3) is 0 Å². The van der Waals surface area contributed by atoms with Crippen LogP contribution in [0, 0.1) is 0 Å². The molecule has 0 unspecified atom stereocenters. The van der Waals surface area contributed by atoms with Crippen molar-refractivity contribution in [3.05, 3.63) is 192 Å². The van der Waals surface area contributed by atoms with Gasteiger partial charge in [0.1, 0.15) is 0 Å². The van der Waals surface area contributed by atoms with Crippen LogP contribution in [0.15, 0.2) is 170 Å². The molecule has 0 fully saturated rings. The Balaban J connectivity index is 0.000000368. The van der Waals surface area contributed by atoms with Gasteiger partial charge in [-0.1, -0.05) is 170 Å². The van der Waals surface area contributed by atoms with Crippen molar-refractivity contribution in [1.82, 2.24) is 0 Å². The van der Waals surface area contributed by atoms with Crippen LogP contribution in [0.3, 0.4) is 0 Å². The van der Waals surface area contributed by atoms with E-state index in [1.54, 1.807) is 33.4 Å². The van der Waals surface area contributed by atoms with Crippen LogP contribution in [0.1, 0.15) is 73.6 Å². The molecule has 372 valence electrons. The molecule has 0 amide bonds. The number of halogens is 12. The van der Waals surface area contributed by atoms with Crippen LogP contribution in [0.25, 0.3) is 11.1 Å². The van der Waals surface area contributed by atoms with E-state index in [1.165, 1.54) is 109 Å². The fourth-order valence-electron chi connectivity index (χ4n) is 8.58. The zero-order valence-electron chi connectivity index (χ0n) is 38.1. The van der Waals surface area contributed by atoms with Crippen molar-refractivity contribution in [2.45, 2.75) is 77.0 Å². The Kier molecular flexibility index (Phi) is 23.8. The molecule has 6 aromatic rings. The molecule has 3 aliphatic rings. The molecule has 70 heavy (non-hydrogen) atoms. The van der Waals surface area contributed by atoms with E-state index in [4.69, 9.17) is 0 Å². The van der Waals surface area contributed by atoms with Crippen LogP contribution >= 0.6 is 15.8 Å². The predicted molar refractivity (Wildman–Crippen MR) is 270 cm³/mol. The molecular formula is C52H52B3F12P2Rh. The van der Waals surface area contributed by atoms with Crippen molar-refractivity contribution in [2.75, 3.05) is 0 Å². The second-order valence-corrected chi connectivity index (χ2v) is 20.6. The molecule has 18 heteroatoms. The van der Waals surface area contributed by atoms with Crippen LogP contribution in [-0.4, -0.2) is 21.8 Å². The summed E-state index contributed by atoms with van der Waals surface area (Å²) in [6.45, 7) is 0. The first-order valence-electron chi connectivity index (χ1n) is 22.9. The second-order valence-electron chi connectivity index (χ2n) is 16.2. The number of allylic oxidation sites excluding steroid dienone is 4. The summed E-state index contributed by atoms with van der Waals surface area (Å²) in [5.41, 5.74) is 9.54.